The summed E-state index contributed by atoms with van der Waals surface area (Å²) in [6, 6.07) is 11.1. The van der Waals surface area contributed by atoms with E-state index in [-0.39, 0.29) is 0 Å². The van der Waals surface area contributed by atoms with Crippen molar-refractivity contribution in [2.24, 2.45) is 0 Å². The van der Waals surface area contributed by atoms with E-state index in [0.29, 0.717) is 19.3 Å². The molecule has 0 spiro atoms. The van der Waals surface area contributed by atoms with E-state index >= 15 is 0 Å². The van der Waals surface area contributed by atoms with Crippen LogP contribution < -0.4 is 14.0 Å². The van der Waals surface area contributed by atoms with Crippen LogP contribution in [0.4, 0.5) is 0 Å². The highest BCUT2D eigenvalue weighted by molar-refractivity contribution is 7.46. The highest BCUT2D eigenvalue weighted by atomic mass is 31.2. The van der Waals surface area contributed by atoms with Gasteiger partial charge in [-0.1, -0.05) is 33.8 Å². The van der Waals surface area contributed by atoms with Gasteiger partial charge in [-0.25, -0.2) is 0 Å². The largest absolute Gasteiger partial charge is 0.497 e. The molecule has 0 radical (unpaired) electrons. The Morgan fingerprint density at radius 3 is 2.29 bits per heavy atom. The summed E-state index contributed by atoms with van der Waals surface area (Å²) < 4.78 is 27.9. The van der Waals surface area contributed by atoms with Gasteiger partial charge in [0.05, 0.1) is 27.4 Å². The Bertz CT molecular complexity index is 892. The van der Waals surface area contributed by atoms with E-state index in [2.05, 4.69) is 35.2 Å². The Kier molecular flexibility index (Phi) is 12.1. The molecule has 2 atom stereocenters. The molecule has 0 saturated carbocycles. The number of ether oxygens (including phenoxy) is 3. The number of hydrogen-bond acceptors (Lipinski definition) is 6. The van der Waals surface area contributed by atoms with Crippen LogP contribution in [0.25, 0.3) is 0 Å². The number of benzene rings is 2. The van der Waals surface area contributed by atoms with Crippen molar-refractivity contribution in [2.75, 3.05) is 47.8 Å². The van der Waals surface area contributed by atoms with Gasteiger partial charge in [-0.15, -0.1) is 0 Å². The minimum absolute atomic E-state index is 0.384. The van der Waals surface area contributed by atoms with Crippen LogP contribution in [-0.4, -0.2) is 52.7 Å². The van der Waals surface area contributed by atoms with Crippen molar-refractivity contribution < 1.29 is 23.3 Å². The van der Waals surface area contributed by atoms with Crippen LogP contribution in [0, 0.1) is 0 Å². The second-order valence-electron chi connectivity index (χ2n) is 7.63. The van der Waals surface area contributed by atoms with Crippen LogP contribution in [0.5, 0.6) is 17.2 Å². The first kappa shape index (κ1) is 28.4. The van der Waals surface area contributed by atoms with Crippen LogP contribution >= 0.6 is 8.38 Å². The molecule has 34 heavy (non-hydrogen) atoms. The van der Waals surface area contributed by atoms with Crippen molar-refractivity contribution in [3.05, 3.63) is 52.6 Å². The zero-order valence-electron chi connectivity index (χ0n) is 22.1. The summed E-state index contributed by atoms with van der Waals surface area (Å²) in [6.07, 6.45) is 2.01. The number of hydrogen-bond donors (Lipinski definition) is 0. The first-order valence-electron chi connectivity index (χ1n) is 12.3. The van der Waals surface area contributed by atoms with Crippen molar-refractivity contribution in [3.8, 4) is 17.2 Å². The fourth-order valence-electron chi connectivity index (χ4n) is 4.35. The average Bonchev–Trinajstić information content (AvgIpc) is 2.89. The van der Waals surface area contributed by atoms with Gasteiger partial charge >= 0.3 is 0 Å². The van der Waals surface area contributed by atoms with Crippen molar-refractivity contribution in [2.45, 2.75) is 53.1 Å². The predicted molar refractivity (Wildman–Crippen MR) is 141 cm³/mol. The number of rotatable bonds is 8. The Morgan fingerprint density at radius 1 is 0.882 bits per heavy atom. The summed E-state index contributed by atoms with van der Waals surface area (Å²) in [6.45, 7) is 13.0. The van der Waals surface area contributed by atoms with E-state index < -0.39 is 8.38 Å². The van der Waals surface area contributed by atoms with Gasteiger partial charge in [0.25, 0.3) is 0 Å². The molecule has 4 rings (SSSR count). The molecule has 0 saturated heterocycles. The zero-order valence-corrected chi connectivity index (χ0v) is 23.0. The molecule has 6 nitrogen and oxygen atoms in total. The average molecular weight is 492 g/mol. The molecule has 190 valence electrons. The highest BCUT2D eigenvalue weighted by Crippen LogP contribution is 2.45. The Morgan fingerprint density at radius 2 is 1.62 bits per heavy atom. The zero-order chi connectivity index (χ0) is 25.1. The fourth-order valence-corrected chi connectivity index (χ4v) is 5.15. The third-order valence-corrected chi connectivity index (χ3v) is 6.88. The third-order valence-electron chi connectivity index (χ3n) is 5.88. The number of nitrogens with zero attached hydrogens (tertiary/aromatic N) is 1. The molecule has 2 aromatic rings. The van der Waals surface area contributed by atoms with Gasteiger partial charge in [-0.05, 0) is 59.4 Å². The van der Waals surface area contributed by atoms with E-state index in [1.54, 1.807) is 21.3 Å². The molecule has 2 heterocycles. The number of methoxy groups -OCH3 is 3. The molecule has 0 bridgehead atoms. The molecular weight excluding hydrogens is 449 g/mol. The van der Waals surface area contributed by atoms with Gasteiger partial charge in [0.2, 0.25) is 8.38 Å². The maximum absolute atomic E-state index is 6.12. The molecule has 2 aromatic carbocycles. The highest BCUT2D eigenvalue weighted by Gasteiger charge is 2.33. The Hall–Kier alpha value is -1.85. The molecule has 2 unspecified atom stereocenters. The van der Waals surface area contributed by atoms with Gasteiger partial charge in [0, 0.05) is 32.9 Å². The van der Waals surface area contributed by atoms with Crippen molar-refractivity contribution >= 4 is 8.38 Å². The molecule has 2 aliphatic rings. The lowest BCUT2D eigenvalue weighted by molar-refractivity contribution is 0.148. The minimum atomic E-state index is -1.05. The van der Waals surface area contributed by atoms with Gasteiger partial charge in [-0.3, -0.25) is 4.90 Å². The van der Waals surface area contributed by atoms with Crippen LogP contribution in [0.1, 0.15) is 56.0 Å². The predicted octanol–water partition coefficient (Wildman–Crippen LogP) is 6.40. The van der Waals surface area contributed by atoms with Crippen LogP contribution in [0.3, 0.4) is 0 Å². The lowest BCUT2D eigenvalue weighted by Crippen LogP contribution is -2.39. The summed E-state index contributed by atoms with van der Waals surface area (Å²) in [7, 11) is 4.03. The van der Waals surface area contributed by atoms with E-state index in [4.69, 9.17) is 23.3 Å². The van der Waals surface area contributed by atoms with E-state index in [0.717, 1.165) is 43.2 Å². The topological polar surface area (TPSA) is 49.4 Å². The summed E-state index contributed by atoms with van der Waals surface area (Å²) in [5.41, 5.74) is 5.43. The molecule has 7 heteroatoms. The van der Waals surface area contributed by atoms with Crippen molar-refractivity contribution in [1.29, 1.82) is 0 Å². The molecular formula is C27H42NO5P. The molecule has 0 fully saturated rings. The van der Waals surface area contributed by atoms with Crippen LogP contribution in [0.2, 0.25) is 0 Å². The smallest absolute Gasteiger partial charge is 0.227 e. The third kappa shape index (κ3) is 6.85. The number of fused-ring (bicyclic) bond motifs is 4. The first-order chi connectivity index (χ1) is 16.6. The van der Waals surface area contributed by atoms with Gasteiger partial charge in [0.1, 0.15) is 5.75 Å². The standard InChI is InChI=1S/C23H30NO5P.2C2H6/c1-25-9-10-28-30(4)29-23-13-17-12-21-20-6-5-19(26-2)11-16(20)7-8-24(21)15-18(17)14-22(23)27-3;2*1-2/h5-6,11,13-14,21H,7-10,12,15H2,1-4H3;2*1-2H3. The second kappa shape index (κ2) is 14.5. The lowest BCUT2D eigenvalue weighted by Gasteiger charge is -2.41. The van der Waals surface area contributed by atoms with E-state index in [9.17, 15) is 0 Å². The summed E-state index contributed by atoms with van der Waals surface area (Å²) in [4.78, 5) is 2.57. The monoisotopic (exact) mass is 491 g/mol. The van der Waals surface area contributed by atoms with Gasteiger partial charge in [0.15, 0.2) is 11.5 Å². The molecule has 0 aliphatic carbocycles. The molecule has 0 aromatic heterocycles. The normalized spacial score (nSPS) is 16.9. The summed E-state index contributed by atoms with van der Waals surface area (Å²) in [5, 5.41) is 0. The molecule has 0 amide bonds. The lowest BCUT2D eigenvalue weighted by atomic mass is 9.84. The molecule has 2 aliphatic heterocycles. The second-order valence-corrected chi connectivity index (χ2v) is 8.95. The van der Waals surface area contributed by atoms with E-state index in [1.165, 1.54) is 22.3 Å². The van der Waals surface area contributed by atoms with Gasteiger partial charge in [-0.2, -0.15) is 0 Å². The first-order valence-corrected chi connectivity index (χ1v) is 13.9. The molecule has 0 N–H and O–H groups in total. The SMILES string of the molecule is CC.CC.COCCOP(C)Oc1cc2c(cc1OC)CN1CCc3cc(OC)ccc3C1C2. The Labute approximate surface area is 207 Å². The van der Waals surface area contributed by atoms with Crippen molar-refractivity contribution in [1.82, 2.24) is 4.90 Å². The maximum Gasteiger partial charge on any atom is 0.227 e. The Balaban J connectivity index is 0.000000970. The van der Waals surface area contributed by atoms with Crippen LogP contribution in [0.15, 0.2) is 30.3 Å². The van der Waals surface area contributed by atoms with E-state index in [1.807, 2.05) is 34.4 Å². The summed E-state index contributed by atoms with van der Waals surface area (Å²) >= 11 is 0. The van der Waals surface area contributed by atoms with Crippen LogP contribution in [-0.2, 0) is 28.6 Å². The quantitative estimate of drug-likeness (QED) is 0.315. The van der Waals surface area contributed by atoms with Crippen molar-refractivity contribution in [3.63, 3.8) is 0 Å². The maximum atomic E-state index is 6.12. The minimum Gasteiger partial charge on any atom is -0.497 e. The fraction of sp³-hybridized carbons (Fsp3) is 0.556. The summed E-state index contributed by atoms with van der Waals surface area (Å²) in [5.74, 6) is 2.45. The van der Waals surface area contributed by atoms with Gasteiger partial charge < -0.3 is 23.3 Å².